The van der Waals surface area contributed by atoms with Crippen LogP contribution >= 0.6 is 15.9 Å². The molecule has 0 unspecified atom stereocenters. The number of aryl methyl sites for hydroxylation is 1. The van der Waals surface area contributed by atoms with Gasteiger partial charge in [0.25, 0.3) is 0 Å². The van der Waals surface area contributed by atoms with Crippen molar-refractivity contribution in [1.29, 1.82) is 0 Å². The summed E-state index contributed by atoms with van der Waals surface area (Å²) in [5.74, 6) is 2.81. The smallest absolute Gasteiger partial charge is 0.203 e. The molecule has 0 aliphatic heterocycles. The zero-order chi connectivity index (χ0) is 17.9. The normalized spacial score (nSPS) is 10.5. The van der Waals surface area contributed by atoms with Crippen LogP contribution in [0, 0.1) is 13.8 Å². The third-order valence-corrected chi connectivity index (χ3v) is 5.08. The first-order chi connectivity index (χ1) is 11.5. The Morgan fingerprint density at radius 1 is 0.792 bits per heavy atom. The van der Waals surface area contributed by atoms with E-state index in [2.05, 4.69) is 22.9 Å². The van der Waals surface area contributed by atoms with Crippen LogP contribution in [0.25, 0.3) is 0 Å². The Bertz CT molecular complexity index is 741. The first-order valence-corrected chi connectivity index (χ1v) is 8.38. The molecule has 4 nitrogen and oxygen atoms in total. The van der Waals surface area contributed by atoms with E-state index in [1.807, 2.05) is 25.1 Å². The minimum absolute atomic E-state index is 0.604. The van der Waals surface area contributed by atoms with Crippen molar-refractivity contribution in [2.45, 2.75) is 20.3 Å². The van der Waals surface area contributed by atoms with E-state index in [9.17, 15) is 0 Å². The fourth-order valence-electron chi connectivity index (χ4n) is 2.85. The molecule has 0 aliphatic carbocycles. The zero-order valence-corrected chi connectivity index (χ0v) is 16.5. The lowest BCUT2D eigenvalue weighted by Crippen LogP contribution is -2.04. The van der Waals surface area contributed by atoms with E-state index >= 15 is 0 Å². The second-order valence-electron chi connectivity index (χ2n) is 5.47. The van der Waals surface area contributed by atoms with Gasteiger partial charge in [0.05, 0.1) is 28.4 Å². The lowest BCUT2D eigenvalue weighted by atomic mass is 9.95. The molecule has 0 radical (unpaired) electrons. The van der Waals surface area contributed by atoms with Gasteiger partial charge in [-0.1, -0.05) is 15.9 Å². The molecule has 130 valence electrons. The Hall–Kier alpha value is -1.88. The highest BCUT2D eigenvalue weighted by atomic mass is 79.9. The van der Waals surface area contributed by atoms with Gasteiger partial charge < -0.3 is 18.9 Å². The molecule has 2 aromatic carbocycles. The van der Waals surface area contributed by atoms with Gasteiger partial charge in [-0.25, -0.2) is 0 Å². The summed E-state index contributed by atoms with van der Waals surface area (Å²) in [5, 5.41) is 0. The Morgan fingerprint density at radius 2 is 1.42 bits per heavy atom. The van der Waals surface area contributed by atoms with Crippen LogP contribution in [0.2, 0.25) is 0 Å². The standard InChI is InChI=1S/C19H23BrO4/c1-11-9-17(22-4)19(24-6)18(23-5)13(11)10-14-12(2)15(20)7-8-16(14)21-3/h7-9H,10H2,1-6H3. The largest absolute Gasteiger partial charge is 0.496 e. The van der Waals surface area contributed by atoms with Crippen molar-refractivity contribution in [3.63, 3.8) is 0 Å². The summed E-state index contributed by atoms with van der Waals surface area (Å²) in [4.78, 5) is 0. The maximum atomic E-state index is 5.65. The zero-order valence-electron chi connectivity index (χ0n) is 15.0. The van der Waals surface area contributed by atoms with Crippen molar-refractivity contribution in [1.82, 2.24) is 0 Å². The fourth-order valence-corrected chi connectivity index (χ4v) is 3.22. The molecule has 0 saturated carbocycles. The highest BCUT2D eigenvalue weighted by molar-refractivity contribution is 9.10. The van der Waals surface area contributed by atoms with Gasteiger partial charge in [-0.3, -0.25) is 0 Å². The van der Waals surface area contributed by atoms with Crippen molar-refractivity contribution >= 4 is 15.9 Å². The summed E-state index contributed by atoms with van der Waals surface area (Å²) in [5.41, 5.74) is 4.38. The molecule has 0 saturated heterocycles. The highest BCUT2D eigenvalue weighted by Crippen LogP contribution is 2.43. The Balaban J connectivity index is 2.65. The SMILES string of the molecule is COc1ccc(Br)c(C)c1Cc1c(C)cc(OC)c(OC)c1OC. The summed E-state index contributed by atoms with van der Waals surface area (Å²) in [6.45, 7) is 4.12. The predicted octanol–water partition coefficient (Wildman–Crippen LogP) is 4.69. The quantitative estimate of drug-likeness (QED) is 0.711. The van der Waals surface area contributed by atoms with Gasteiger partial charge in [0.1, 0.15) is 5.75 Å². The van der Waals surface area contributed by atoms with E-state index in [1.54, 1.807) is 28.4 Å². The Labute approximate surface area is 151 Å². The third kappa shape index (κ3) is 3.31. The molecular weight excluding hydrogens is 372 g/mol. The van der Waals surface area contributed by atoms with Crippen LogP contribution in [0.4, 0.5) is 0 Å². The molecule has 0 heterocycles. The van der Waals surface area contributed by atoms with Crippen LogP contribution in [-0.4, -0.2) is 28.4 Å². The van der Waals surface area contributed by atoms with E-state index in [4.69, 9.17) is 18.9 Å². The average Bonchev–Trinajstić information content (AvgIpc) is 2.59. The van der Waals surface area contributed by atoms with Crippen LogP contribution in [0.5, 0.6) is 23.0 Å². The summed E-state index contributed by atoms with van der Waals surface area (Å²) >= 11 is 3.60. The molecule has 0 spiro atoms. The molecule has 0 aliphatic rings. The van der Waals surface area contributed by atoms with Crippen LogP contribution in [-0.2, 0) is 6.42 Å². The lowest BCUT2D eigenvalue weighted by molar-refractivity contribution is 0.322. The third-order valence-electron chi connectivity index (χ3n) is 4.22. The molecule has 0 atom stereocenters. The monoisotopic (exact) mass is 394 g/mol. The van der Waals surface area contributed by atoms with Crippen molar-refractivity contribution in [2.75, 3.05) is 28.4 Å². The van der Waals surface area contributed by atoms with Crippen LogP contribution in [0.3, 0.4) is 0 Å². The van der Waals surface area contributed by atoms with Gasteiger partial charge in [0.2, 0.25) is 5.75 Å². The second-order valence-corrected chi connectivity index (χ2v) is 6.33. The Morgan fingerprint density at radius 3 is 1.96 bits per heavy atom. The molecule has 0 aromatic heterocycles. The van der Waals surface area contributed by atoms with Gasteiger partial charge in [-0.2, -0.15) is 0 Å². The van der Waals surface area contributed by atoms with Gasteiger partial charge in [-0.05, 0) is 43.2 Å². The molecule has 5 heteroatoms. The number of rotatable bonds is 6. The van der Waals surface area contributed by atoms with Crippen molar-refractivity contribution in [3.8, 4) is 23.0 Å². The Kier molecular flexibility index (Phi) is 5.99. The van der Waals surface area contributed by atoms with Crippen molar-refractivity contribution < 1.29 is 18.9 Å². The maximum Gasteiger partial charge on any atom is 0.203 e. The van der Waals surface area contributed by atoms with Crippen LogP contribution in [0.15, 0.2) is 22.7 Å². The topological polar surface area (TPSA) is 36.9 Å². The molecule has 2 aromatic rings. The van der Waals surface area contributed by atoms with Crippen LogP contribution in [0.1, 0.15) is 22.3 Å². The van der Waals surface area contributed by atoms with Crippen LogP contribution < -0.4 is 18.9 Å². The first-order valence-electron chi connectivity index (χ1n) is 7.58. The molecular formula is C19H23BrO4. The van der Waals surface area contributed by atoms with E-state index in [1.165, 1.54) is 0 Å². The molecule has 24 heavy (non-hydrogen) atoms. The summed E-state index contributed by atoms with van der Waals surface area (Å²) in [6.07, 6.45) is 0.670. The van der Waals surface area contributed by atoms with E-state index < -0.39 is 0 Å². The van der Waals surface area contributed by atoms with Gasteiger partial charge in [0, 0.05) is 22.0 Å². The number of hydrogen-bond acceptors (Lipinski definition) is 4. The number of ether oxygens (including phenoxy) is 4. The predicted molar refractivity (Wildman–Crippen MR) is 99.1 cm³/mol. The summed E-state index contributed by atoms with van der Waals surface area (Å²) in [6, 6.07) is 5.93. The van der Waals surface area contributed by atoms with Gasteiger partial charge >= 0.3 is 0 Å². The van der Waals surface area contributed by atoms with Gasteiger partial charge in [-0.15, -0.1) is 0 Å². The number of benzene rings is 2. The highest BCUT2D eigenvalue weighted by Gasteiger charge is 2.21. The summed E-state index contributed by atoms with van der Waals surface area (Å²) in [7, 11) is 6.57. The van der Waals surface area contributed by atoms with Crippen molar-refractivity contribution in [3.05, 3.63) is 44.9 Å². The average molecular weight is 395 g/mol. The fraction of sp³-hybridized carbons (Fsp3) is 0.368. The molecule has 0 fully saturated rings. The second kappa shape index (κ2) is 7.79. The van der Waals surface area contributed by atoms with Crippen molar-refractivity contribution in [2.24, 2.45) is 0 Å². The molecule has 2 rings (SSSR count). The lowest BCUT2D eigenvalue weighted by Gasteiger charge is -2.20. The van der Waals surface area contributed by atoms with E-state index in [-0.39, 0.29) is 0 Å². The minimum atomic E-state index is 0.604. The maximum absolute atomic E-state index is 5.65. The molecule has 0 bridgehead atoms. The number of halogens is 1. The first kappa shape index (κ1) is 18.5. The minimum Gasteiger partial charge on any atom is -0.496 e. The summed E-state index contributed by atoms with van der Waals surface area (Å²) < 4.78 is 23.2. The van der Waals surface area contributed by atoms with Gasteiger partial charge in [0.15, 0.2) is 11.5 Å². The van der Waals surface area contributed by atoms with E-state index in [0.717, 1.165) is 32.5 Å². The number of hydrogen-bond donors (Lipinski definition) is 0. The number of methoxy groups -OCH3 is 4. The molecule has 0 N–H and O–H groups in total. The van der Waals surface area contributed by atoms with E-state index in [0.29, 0.717) is 23.7 Å². The molecule has 0 amide bonds.